The quantitative estimate of drug-likeness (QED) is 0.457. The highest BCUT2D eigenvalue weighted by atomic mass is 79.9. The third kappa shape index (κ3) is 4.11. The van der Waals surface area contributed by atoms with Gasteiger partial charge in [-0.05, 0) is 47.8 Å². The lowest BCUT2D eigenvalue weighted by atomic mass is 10.0. The van der Waals surface area contributed by atoms with Crippen LogP contribution in [-0.4, -0.2) is 46.2 Å². The highest BCUT2D eigenvalue weighted by molar-refractivity contribution is 9.10. The molecule has 0 spiro atoms. The molecule has 156 valence electrons. The van der Waals surface area contributed by atoms with Crippen molar-refractivity contribution in [2.45, 2.75) is 25.8 Å². The van der Waals surface area contributed by atoms with E-state index in [9.17, 15) is 9.59 Å². The highest BCUT2D eigenvalue weighted by Gasteiger charge is 2.26. The molecule has 0 saturated carbocycles. The maximum absolute atomic E-state index is 12.8. The molecule has 3 aromatic rings. The van der Waals surface area contributed by atoms with E-state index in [1.54, 1.807) is 18.5 Å². The average molecular weight is 472 g/mol. The number of carbonyl (C=O) groups excluding carboxylic acids is 1. The molecule has 4 N–H and O–H groups in total. The number of aryl methyl sites for hydroxylation is 1. The predicted molar refractivity (Wildman–Crippen MR) is 119 cm³/mol. The van der Waals surface area contributed by atoms with Gasteiger partial charge < -0.3 is 25.6 Å². The fraction of sp³-hybridized carbons (Fsp3) is 0.286. The van der Waals surface area contributed by atoms with Crippen molar-refractivity contribution in [2.75, 3.05) is 23.3 Å². The second-order valence-corrected chi connectivity index (χ2v) is 8.29. The molecule has 9 heteroatoms. The van der Waals surface area contributed by atoms with Crippen LogP contribution in [0.2, 0.25) is 0 Å². The Balaban J connectivity index is 1.69. The van der Waals surface area contributed by atoms with Crippen molar-refractivity contribution in [1.29, 1.82) is 0 Å². The Kier molecular flexibility index (Phi) is 5.63. The molecule has 1 aliphatic heterocycles. The van der Waals surface area contributed by atoms with E-state index in [0.29, 0.717) is 23.4 Å². The molecule has 0 bridgehead atoms. The van der Waals surface area contributed by atoms with Crippen LogP contribution in [0.5, 0.6) is 0 Å². The highest BCUT2D eigenvalue weighted by Crippen LogP contribution is 2.39. The Morgan fingerprint density at radius 2 is 2.20 bits per heavy atom. The fourth-order valence-electron chi connectivity index (χ4n) is 3.92. The fourth-order valence-corrected chi connectivity index (χ4v) is 4.47. The van der Waals surface area contributed by atoms with Crippen LogP contribution in [0.3, 0.4) is 0 Å². The van der Waals surface area contributed by atoms with E-state index in [1.807, 2.05) is 25.1 Å². The number of pyridine rings is 1. The van der Waals surface area contributed by atoms with Gasteiger partial charge in [-0.2, -0.15) is 0 Å². The van der Waals surface area contributed by atoms with Gasteiger partial charge in [-0.3, -0.25) is 4.79 Å². The van der Waals surface area contributed by atoms with Gasteiger partial charge in [-0.25, -0.2) is 9.78 Å². The minimum absolute atomic E-state index is 0.157. The van der Waals surface area contributed by atoms with Gasteiger partial charge in [0.25, 0.3) is 5.91 Å². The van der Waals surface area contributed by atoms with E-state index < -0.39 is 6.09 Å². The molecule has 8 nitrogen and oxygen atoms in total. The van der Waals surface area contributed by atoms with Crippen molar-refractivity contribution >= 4 is 50.3 Å². The Bertz CT molecular complexity index is 1110. The van der Waals surface area contributed by atoms with Crippen LogP contribution in [-0.2, 0) is 0 Å². The monoisotopic (exact) mass is 471 g/mol. The summed E-state index contributed by atoms with van der Waals surface area (Å²) in [6.07, 6.45) is 4.08. The van der Waals surface area contributed by atoms with E-state index in [0.717, 1.165) is 40.5 Å². The van der Waals surface area contributed by atoms with Crippen LogP contribution in [0.25, 0.3) is 11.0 Å². The maximum Gasteiger partial charge on any atom is 0.404 e. The zero-order valence-electron chi connectivity index (χ0n) is 16.4. The molecule has 1 saturated heterocycles. The van der Waals surface area contributed by atoms with E-state index in [-0.39, 0.29) is 11.9 Å². The summed E-state index contributed by atoms with van der Waals surface area (Å²) < 4.78 is 0.789. The first-order valence-electron chi connectivity index (χ1n) is 9.70. The number of aromatic nitrogens is 2. The molecule has 0 aliphatic carbocycles. The topological polar surface area (TPSA) is 110 Å². The summed E-state index contributed by atoms with van der Waals surface area (Å²) in [6, 6.07) is 7.26. The third-order valence-electron chi connectivity index (χ3n) is 5.22. The van der Waals surface area contributed by atoms with Crippen LogP contribution in [0.4, 0.5) is 16.2 Å². The SMILES string of the molecule is Cc1cccc(C(=O)Nc2c[nH]c3ncc(Br)c(N4CCCC(NC(=O)O)C4)c23)c1. The number of piperidine rings is 1. The maximum atomic E-state index is 12.8. The first kappa shape index (κ1) is 20.2. The van der Waals surface area contributed by atoms with Gasteiger partial charge in [0.15, 0.2) is 0 Å². The number of carboxylic acid groups (broad SMARTS) is 1. The van der Waals surface area contributed by atoms with Crippen molar-refractivity contribution in [3.8, 4) is 0 Å². The van der Waals surface area contributed by atoms with Gasteiger partial charge in [-0.1, -0.05) is 17.7 Å². The van der Waals surface area contributed by atoms with Gasteiger partial charge in [0.2, 0.25) is 0 Å². The predicted octanol–water partition coefficient (Wildman–Crippen LogP) is 4.12. The van der Waals surface area contributed by atoms with Crippen LogP contribution < -0.4 is 15.5 Å². The molecular weight excluding hydrogens is 450 g/mol. The zero-order chi connectivity index (χ0) is 21.3. The number of hydrogen-bond acceptors (Lipinski definition) is 4. The molecule has 1 atom stereocenters. The second kappa shape index (κ2) is 8.35. The Hall–Kier alpha value is -3.07. The van der Waals surface area contributed by atoms with Gasteiger partial charge in [0.05, 0.1) is 21.2 Å². The number of hydrogen-bond donors (Lipinski definition) is 4. The first-order chi connectivity index (χ1) is 14.4. The van der Waals surface area contributed by atoms with Gasteiger partial charge in [0.1, 0.15) is 5.65 Å². The van der Waals surface area contributed by atoms with E-state index >= 15 is 0 Å². The summed E-state index contributed by atoms with van der Waals surface area (Å²) in [5, 5.41) is 15.5. The minimum Gasteiger partial charge on any atom is -0.465 e. The molecule has 2 amide bonds. The van der Waals surface area contributed by atoms with Crippen molar-refractivity contribution in [3.05, 3.63) is 52.3 Å². The number of anilines is 2. The number of carbonyl (C=O) groups is 2. The van der Waals surface area contributed by atoms with Crippen LogP contribution >= 0.6 is 15.9 Å². The Morgan fingerprint density at radius 1 is 1.37 bits per heavy atom. The summed E-state index contributed by atoms with van der Waals surface area (Å²) in [4.78, 5) is 33.6. The van der Waals surface area contributed by atoms with E-state index in [2.05, 4.69) is 41.4 Å². The van der Waals surface area contributed by atoms with Crippen LogP contribution in [0.15, 0.2) is 41.1 Å². The van der Waals surface area contributed by atoms with Crippen molar-refractivity contribution in [3.63, 3.8) is 0 Å². The number of nitrogens with one attached hydrogen (secondary N) is 3. The summed E-state index contributed by atoms with van der Waals surface area (Å²) in [6.45, 7) is 3.27. The number of aromatic amines is 1. The van der Waals surface area contributed by atoms with Crippen molar-refractivity contribution in [2.24, 2.45) is 0 Å². The van der Waals surface area contributed by atoms with Gasteiger partial charge in [-0.15, -0.1) is 0 Å². The lowest BCUT2D eigenvalue weighted by Gasteiger charge is -2.35. The molecule has 30 heavy (non-hydrogen) atoms. The number of H-pyrrole nitrogens is 1. The summed E-state index contributed by atoms with van der Waals surface area (Å²) in [5.41, 5.74) is 3.77. The molecule has 0 radical (unpaired) electrons. The molecular formula is C21H22BrN5O3. The molecule has 3 heterocycles. The minimum atomic E-state index is -1.02. The summed E-state index contributed by atoms with van der Waals surface area (Å²) in [7, 11) is 0. The molecule has 1 aromatic carbocycles. The van der Waals surface area contributed by atoms with Crippen LogP contribution in [0, 0.1) is 6.92 Å². The number of amides is 2. The smallest absolute Gasteiger partial charge is 0.404 e. The number of rotatable bonds is 4. The lowest BCUT2D eigenvalue weighted by molar-refractivity contribution is 0.102. The normalized spacial score (nSPS) is 16.5. The largest absolute Gasteiger partial charge is 0.465 e. The Morgan fingerprint density at radius 3 is 2.97 bits per heavy atom. The number of nitrogens with zero attached hydrogens (tertiary/aromatic N) is 2. The third-order valence-corrected chi connectivity index (χ3v) is 5.80. The number of benzene rings is 1. The first-order valence-corrected chi connectivity index (χ1v) is 10.5. The standard InChI is InChI=1S/C21H22BrN5O3/c1-12-4-2-5-13(8-12)20(28)26-16-10-24-19-17(16)18(15(22)9-23-19)27-7-3-6-14(11-27)25-21(29)30/h2,4-5,8-10,14,25H,3,6-7,11H2,1H3,(H,23,24)(H,26,28)(H,29,30). The summed E-state index contributed by atoms with van der Waals surface area (Å²) in [5.74, 6) is -0.199. The second-order valence-electron chi connectivity index (χ2n) is 7.44. The Labute approximate surface area is 181 Å². The molecule has 1 unspecified atom stereocenters. The molecule has 2 aromatic heterocycles. The number of halogens is 1. The van der Waals surface area contributed by atoms with E-state index in [1.165, 1.54) is 0 Å². The number of fused-ring (bicyclic) bond motifs is 1. The molecule has 1 fully saturated rings. The summed E-state index contributed by atoms with van der Waals surface area (Å²) >= 11 is 3.60. The van der Waals surface area contributed by atoms with Gasteiger partial charge in [0, 0.05) is 37.1 Å². The average Bonchev–Trinajstić information content (AvgIpc) is 3.10. The zero-order valence-corrected chi connectivity index (χ0v) is 18.0. The van der Waals surface area contributed by atoms with Crippen molar-refractivity contribution < 1.29 is 14.7 Å². The van der Waals surface area contributed by atoms with E-state index in [4.69, 9.17) is 5.11 Å². The van der Waals surface area contributed by atoms with Crippen LogP contribution in [0.1, 0.15) is 28.8 Å². The molecule has 4 rings (SSSR count). The lowest BCUT2D eigenvalue weighted by Crippen LogP contribution is -2.47. The molecule has 1 aliphatic rings. The van der Waals surface area contributed by atoms with Crippen molar-refractivity contribution in [1.82, 2.24) is 15.3 Å². The van der Waals surface area contributed by atoms with Gasteiger partial charge >= 0.3 is 6.09 Å².